The highest BCUT2D eigenvalue weighted by molar-refractivity contribution is 7.98. The second kappa shape index (κ2) is 12.8. The molecule has 6 heteroatoms. The van der Waals surface area contributed by atoms with Gasteiger partial charge in [-0.3, -0.25) is 0 Å². The Balaban J connectivity index is 1.13. The summed E-state index contributed by atoms with van der Waals surface area (Å²) in [6, 6.07) is 11.9. The minimum absolute atomic E-state index is 0.0273. The monoisotopic (exact) mass is 695 g/mol. The van der Waals surface area contributed by atoms with E-state index in [0.717, 1.165) is 25.3 Å². The molecule has 2 aromatic rings. The van der Waals surface area contributed by atoms with Crippen molar-refractivity contribution in [1.29, 1.82) is 0 Å². The van der Waals surface area contributed by atoms with Crippen molar-refractivity contribution < 1.29 is 9.90 Å². The molecular weight excluding hydrogens is 635 g/mol. The second-order valence-corrected chi connectivity index (χ2v) is 19.1. The standard InChI is InChI=1S/C44H61N3O2S/c1-28(2)32-17-22-44(47-26-25-45-37-16-13-31(50-8)27-46-37)24-23-42(6)34(38(32)44)14-15-36-41(5)20-18-33(29-9-11-30(12-10-29)39(48)49)40(3,4)35(41)19-21-43(36,42)7/h9-13,16,18,27,32,34-36,38,47H,1,14-15,17,19-26H2,2-8H3,(H,45,46)(H,48,49)/t32-,34+,35-,36+,38+,41-,42+,43+,44-/m0/s1. The minimum atomic E-state index is -0.859. The number of rotatable bonds is 9. The second-order valence-electron chi connectivity index (χ2n) is 18.2. The van der Waals surface area contributed by atoms with Crippen LogP contribution in [0.4, 0.5) is 5.82 Å². The van der Waals surface area contributed by atoms with E-state index in [9.17, 15) is 9.90 Å². The summed E-state index contributed by atoms with van der Waals surface area (Å²) < 4.78 is 0. The Morgan fingerprint density at radius 3 is 2.34 bits per heavy atom. The number of carboxylic acids is 1. The van der Waals surface area contributed by atoms with Gasteiger partial charge in [0, 0.05) is 29.7 Å². The zero-order valence-electron chi connectivity index (χ0n) is 31.7. The molecule has 7 rings (SSSR count). The van der Waals surface area contributed by atoms with Crippen LogP contribution >= 0.6 is 11.8 Å². The van der Waals surface area contributed by atoms with E-state index in [-0.39, 0.29) is 16.4 Å². The molecular formula is C44H61N3O2S. The number of carbonyl (C=O) groups is 1. The van der Waals surface area contributed by atoms with Crippen LogP contribution in [0.5, 0.6) is 0 Å². The van der Waals surface area contributed by atoms with Gasteiger partial charge in [0.25, 0.3) is 0 Å². The number of hydrogen-bond acceptors (Lipinski definition) is 5. The van der Waals surface area contributed by atoms with E-state index in [4.69, 9.17) is 0 Å². The summed E-state index contributed by atoms with van der Waals surface area (Å²) in [5, 5.41) is 17.3. The molecule has 0 spiro atoms. The molecule has 0 saturated heterocycles. The maximum atomic E-state index is 11.6. The van der Waals surface area contributed by atoms with E-state index >= 15 is 0 Å². The summed E-state index contributed by atoms with van der Waals surface area (Å²) >= 11 is 1.73. The highest BCUT2D eigenvalue weighted by Crippen LogP contribution is 2.76. The van der Waals surface area contributed by atoms with Crippen molar-refractivity contribution in [3.05, 3.63) is 72.0 Å². The molecule has 0 radical (unpaired) electrons. The molecule has 1 aromatic heterocycles. The Morgan fingerprint density at radius 1 is 0.920 bits per heavy atom. The summed E-state index contributed by atoms with van der Waals surface area (Å²) in [5.41, 5.74) is 5.43. The van der Waals surface area contributed by atoms with Crippen molar-refractivity contribution in [2.75, 3.05) is 24.7 Å². The lowest BCUT2D eigenvalue weighted by atomic mass is 9.33. The van der Waals surface area contributed by atoms with E-state index < -0.39 is 5.97 Å². The Bertz CT molecular complexity index is 1650. The van der Waals surface area contributed by atoms with E-state index in [1.54, 1.807) is 23.9 Å². The Morgan fingerprint density at radius 2 is 1.68 bits per heavy atom. The first-order valence-electron chi connectivity index (χ1n) is 19.4. The number of pyridine rings is 1. The molecule has 0 amide bonds. The zero-order valence-corrected chi connectivity index (χ0v) is 32.5. The first kappa shape index (κ1) is 35.8. The molecule has 5 aliphatic carbocycles. The van der Waals surface area contributed by atoms with Gasteiger partial charge in [0.1, 0.15) is 5.82 Å². The van der Waals surface area contributed by atoms with Crippen LogP contribution in [0.25, 0.3) is 5.57 Å². The van der Waals surface area contributed by atoms with Crippen LogP contribution in [0.2, 0.25) is 0 Å². The van der Waals surface area contributed by atoms with E-state index in [1.165, 1.54) is 73.0 Å². The highest BCUT2D eigenvalue weighted by atomic mass is 32.2. The predicted molar refractivity (Wildman–Crippen MR) is 209 cm³/mol. The molecule has 4 fully saturated rings. The summed E-state index contributed by atoms with van der Waals surface area (Å²) in [6.07, 6.45) is 18.0. The van der Waals surface area contributed by atoms with Gasteiger partial charge in [-0.25, -0.2) is 9.78 Å². The Labute approximate surface area is 306 Å². The number of benzene rings is 1. The van der Waals surface area contributed by atoms with Gasteiger partial charge < -0.3 is 15.7 Å². The minimum Gasteiger partial charge on any atom is -0.478 e. The van der Waals surface area contributed by atoms with Crippen molar-refractivity contribution in [3.63, 3.8) is 0 Å². The Kier molecular flexibility index (Phi) is 9.19. The van der Waals surface area contributed by atoms with Gasteiger partial charge in [0.2, 0.25) is 0 Å². The summed E-state index contributed by atoms with van der Waals surface area (Å²) in [5.74, 6) is 3.34. The predicted octanol–water partition coefficient (Wildman–Crippen LogP) is 10.6. The van der Waals surface area contributed by atoms with Crippen LogP contribution in [0.15, 0.2) is 65.7 Å². The summed E-state index contributed by atoms with van der Waals surface area (Å²) in [7, 11) is 0. The maximum Gasteiger partial charge on any atom is 0.335 e. The average Bonchev–Trinajstić information content (AvgIpc) is 3.47. The zero-order chi connectivity index (χ0) is 35.7. The van der Waals surface area contributed by atoms with Gasteiger partial charge >= 0.3 is 5.97 Å². The molecule has 5 nitrogen and oxygen atoms in total. The van der Waals surface area contributed by atoms with Crippen LogP contribution in [0.3, 0.4) is 0 Å². The molecule has 5 aliphatic rings. The molecule has 3 N–H and O–H groups in total. The lowest BCUT2D eigenvalue weighted by molar-refractivity contribution is -0.219. The fraction of sp³-hybridized carbons (Fsp3) is 0.636. The number of fused-ring (bicyclic) bond motifs is 7. The number of hydrogen-bond donors (Lipinski definition) is 3. The number of nitrogens with zero attached hydrogens (tertiary/aromatic N) is 1. The van der Waals surface area contributed by atoms with Gasteiger partial charge in [-0.15, -0.1) is 11.8 Å². The molecule has 0 bridgehead atoms. The highest BCUT2D eigenvalue weighted by Gasteiger charge is 2.70. The number of aromatic nitrogens is 1. The van der Waals surface area contributed by atoms with Gasteiger partial charge in [-0.1, -0.05) is 65.0 Å². The van der Waals surface area contributed by atoms with E-state index in [1.807, 2.05) is 18.3 Å². The summed E-state index contributed by atoms with van der Waals surface area (Å²) in [4.78, 5) is 17.4. The SMILES string of the molecule is C=C(C)[C@@H]1CC[C@]2(NCCNc3ccc(SC)cn3)CC[C@]3(C)[C@H](CC[C@@H]4[C@@]5(C)CC=C(c6ccc(C(=O)O)cc6)C(C)(C)[C@@H]5CC[C@]43C)[C@@H]12. The largest absolute Gasteiger partial charge is 0.478 e. The molecule has 1 aromatic carbocycles. The third kappa shape index (κ3) is 5.44. The molecule has 1 heterocycles. The smallest absolute Gasteiger partial charge is 0.335 e. The van der Waals surface area contributed by atoms with Crippen LogP contribution in [-0.4, -0.2) is 40.9 Å². The first-order chi connectivity index (χ1) is 23.7. The number of allylic oxidation sites excluding steroid dienone is 3. The van der Waals surface area contributed by atoms with Crippen molar-refractivity contribution in [2.45, 2.75) is 110 Å². The van der Waals surface area contributed by atoms with Gasteiger partial charge in [-0.2, -0.15) is 0 Å². The normalized spacial score (nSPS) is 38.5. The van der Waals surface area contributed by atoms with Gasteiger partial charge in [0.05, 0.1) is 5.56 Å². The number of anilines is 1. The number of aromatic carboxylic acids is 1. The van der Waals surface area contributed by atoms with Crippen molar-refractivity contribution in [3.8, 4) is 0 Å². The third-order valence-electron chi connectivity index (χ3n) is 16.0. The topological polar surface area (TPSA) is 74.2 Å². The third-order valence-corrected chi connectivity index (χ3v) is 16.7. The first-order valence-corrected chi connectivity index (χ1v) is 20.6. The summed E-state index contributed by atoms with van der Waals surface area (Å²) in [6.45, 7) is 21.8. The number of carboxylic acid groups (broad SMARTS) is 1. The average molecular weight is 696 g/mol. The maximum absolute atomic E-state index is 11.6. The number of thioether (sulfide) groups is 1. The van der Waals surface area contributed by atoms with Crippen molar-refractivity contribution >= 4 is 29.1 Å². The lowest BCUT2D eigenvalue weighted by Crippen LogP contribution is -2.68. The molecule has 9 atom stereocenters. The van der Waals surface area contributed by atoms with Crippen molar-refractivity contribution in [2.24, 2.45) is 51.2 Å². The lowest BCUT2D eigenvalue weighted by Gasteiger charge is -2.72. The van der Waals surface area contributed by atoms with Crippen LogP contribution in [-0.2, 0) is 0 Å². The Hall–Kier alpha value is -2.57. The molecule has 0 aliphatic heterocycles. The molecule has 0 unspecified atom stereocenters. The molecule has 50 heavy (non-hydrogen) atoms. The fourth-order valence-corrected chi connectivity index (χ4v) is 13.8. The van der Waals surface area contributed by atoms with E-state index in [2.05, 4.69) is 88.2 Å². The number of nitrogens with one attached hydrogen (secondary N) is 2. The van der Waals surface area contributed by atoms with Crippen molar-refractivity contribution in [1.82, 2.24) is 10.3 Å². The molecule has 270 valence electrons. The van der Waals surface area contributed by atoms with E-state index in [0.29, 0.717) is 46.0 Å². The van der Waals surface area contributed by atoms with Crippen LogP contribution in [0.1, 0.15) is 115 Å². The van der Waals surface area contributed by atoms with Gasteiger partial charge in [-0.05, 0) is 158 Å². The van der Waals surface area contributed by atoms with Crippen LogP contribution < -0.4 is 10.6 Å². The van der Waals surface area contributed by atoms with Gasteiger partial charge in [0.15, 0.2) is 0 Å². The fourth-order valence-electron chi connectivity index (χ4n) is 13.4. The quantitative estimate of drug-likeness (QED) is 0.138. The van der Waals surface area contributed by atoms with Crippen LogP contribution in [0, 0.1) is 51.2 Å². The molecule has 4 saturated carbocycles.